The molecule has 3 aromatic rings. The van der Waals surface area contributed by atoms with Crippen molar-refractivity contribution in [1.82, 2.24) is 9.62 Å². The maximum atomic E-state index is 13.4. The van der Waals surface area contributed by atoms with Crippen LogP contribution in [0.1, 0.15) is 36.1 Å². The van der Waals surface area contributed by atoms with E-state index in [0.29, 0.717) is 29.5 Å². The second-order valence-electron chi connectivity index (χ2n) is 9.01. The largest absolute Gasteiger partial charge is 0.497 e. The highest BCUT2D eigenvalue weighted by Crippen LogP contribution is 2.41. The van der Waals surface area contributed by atoms with Crippen LogP contribution in [0.3, 0.4) is 0 Å². The van der Waals surface area contributed by atoms with Crippen molar-refractivity contribution in [2.45, 2.75) is 43.3 Å². The zero-order valence-electron chi connectivity index (χ0n) is 21.5. The van der Waals surface area contributed by atoms with E-state index >= 15 is 0 Å². The number of benzene rings is 3. The summed E-state index contributed by atoms with van der Waals surface area (Å²) < 4.78 is 46.4. The van der Waals surface area contributed by atoms with Crippen LogP contribution < -0.4 is 18.9 Å². The number of nitrogens with one attached hydrogen (secondary N) is 1. The second kappa shape index (κ2) is 11.7. The van der Waals surface area contributed by atoms with Crippen molar-refractivity contribution in [3.63, 3.8) is 0 Å². The summed E-state index contributed by atoms with van der Waals surface area (Å²) in [7, 11) is 1.09. The Hall–Kier alpha value is -2.78. The molecule has 2 atom stereocenters. The molecule has 0 aliphatic carbocycles. The predicted octanol–water partition coefficient (Wildman–Crippen LogP) is 5.22. The zero-order valence-corrected chi connectivity index (χ0v) is 23.1. The maximum Gasteiger partial charge on any atom is 0.240 e. The fraction of sp³-hybridized carbons (Fsp3) is 0.357. The monoisotopic (exact) mass is 544 g/mol. The number of fused-ring (bicyclic) bond motifs is 1. The van der Waals surface area contributed by atoms with Gasteiger partial charge in [0.2, 0.25) is 10.0 Å². The van der Waals surface area contributed by atoms with E-state index in [-0.39, 0.29) is 10.9 Å². The number of sulfonamides is 1. The molecule has 0 amide bonds. The number of halogens is 1. The summed E-state index contributed by atoms with van der Waals surface area (Å²) in [5, 5.41) is 0.484. The topological polar surface area (TPSA) is 77.1 Å². The minimum atomic E-state index is -3.79. The van der Waals surface area contributed by atoms with Crippen LogP contribution in [0.2, 0.25) is 5.02 Å². The number of ether oxygens (including phenoxy) is 3. The molecule has 0 saturated heterocycles. The van der Waals surface area contributed by atoms with Crippen LogP contribution >= 0.6 is 11.6 Å². The van der Waals surface area contributed by atoms with E-state index in [1.165, 1.54) is 12.1 Å². The van der Waals surface area contributed by atoms with Gasteiger partial charge < -0.3 is 14.2 Å². The highest BCUT2D eigenvalue weighted by atomic mass is 35.5. The summed E-state index contributed by atoms with van der Waals surface area (Å²) in [5.41, 5.74) is 3.23. The summed E-state index contributed by atoms with van der Waals surface area (Å²) in [6.45, 7) is 3.38. The Morgan fingerprint density at radius 2 is 1.70 bits per heavy atom. The van der Waals surface area contributed by atoms with Gasteiger partial charge in [0.1, 0.15) is 5.75 Å². The molecule has 1 N–H and O–H groups in total. The fourth-order valence-electron chi connectivity index (χ4n) is 4.93. The average Bonchev–Trinajstić information content (AvgIpc) is 2.91. The third-order valence-corrected chi connectivity index (χ3v) is 8.55. The number of nitrogens with zero attached hydrogens (tertiary/aromatic N) is 1. The molecule has 0 fully saturated rings. The van der Waals surface area contributed by atoms with Crippen molar-refractivity contribution in [2.24, 2.45) is 0 Å². The van der Waals surface area contributed by atoms with E-state index in [4.69, 9.17) is 25.8 Å². The van der Waals surface area contributed by atoms with E-state index in [2.05, 4.69) is 15.7 Å². The fourth-order valence-corrected chi connectivity index (χ4v) is 6.39. The molecule has 0 aromatic heterocycles. The van der Waals surface area contributed by atoms with E-state index in [9.17, 15) is 8.42 Å². The van der Waals surface area contributed by atoms with E-state index in [1.54, 1.807) is 33.5 Å². The van der Waals surface area contributed by atoms with Crippen LogP contribution in [0.15, 0.2) is 65.6 Å². The predicted molar refractivity (Wildman–Crippen MR) is 145 cm³/mol. The molecule has 0 radical (unpaired) electrons. The van der Waals surface area contributed by atoms with Crippen molar-refractivity contribution in [3.05, 3.63) is 82.4 Å². The quantitative estimate of drug-likeness (QED) is 0.377. The molecule has 198 valence electrons. The SMILES string of the molecule is CCC(NS(=O)(=O)c1ccc(Cl)cc1)C1c2cc(OC)c(OC)cc2CCN1Cc1cccc(OC)c1. The van der Waals surface area contributed by atoms with Crippen LogP contribution in [0.5, 0.6) is 17.2 Å². The van der Waals surface area contributed by atoms with Crippen LogP contribution in [0, 0.1) is 0 Å². The summed E-state index contributed by atoms with van der Waals surface area (Å²) >= 11 is 5.99. The molecule has 37 heavy (non-hydrogen) atoms. The molecular formula is C28H33ClN2O5S. The zero-order chi connectivity index (χ0) is 26.6. The summed E-state index contributed by atoms with van der Waals surface area (Å²) in [4.78, 5) is 2.50. The number of rotatable bonds is 10. The van der Waals surface area contributed by atoms with E-state index < -0.39 is 16.1 Å². The summed E-state index contributed by atoms with van der Waals surface area (Å²) in [6, 6.07) is 17.5. The molecule has 4 rings (SSSR count). The second-order valence-corrected chi connectivity index (χ2v) is 11.2. The van der Waals surface area contributed by atoms with Gasteiger partial charge in [0.25, 0.3) is 0 Å². The van der Waals surface area contributed by atoms with Crippen LogP contribution in [-0.4, -0.2) is 47.2 Å². The first-order chi connectivity index (χ1) is 17.8. The first-order valence-corrected chi connectivity index (χ1v) is 14.1. The molecule has 7 nitrogen and oxygen atoms in total. The van der Waals surface area contributed by atoms with Crippen molar-refractivity contribution in [3.8, 4) is 17.2 Å². The first-order valence-electron chi connectivity index (χ1n) is 12.2. The Balaban J connectivity index is 1.76. The minimum absolute atomic E-state index is 0.179. The molecule has 1 heterocycles. The lowest BCUT2D eigenvalue weighted by Gasteiger charge is -2.42. The Kier molecular flexibility index (Phi) is 8.64. The van der Waals surface area contributed by atoms with Crippen molar-refractivity contribution < 1.29 is 22.6 Å². The van der Waals surface area contributed by atoms with E-state index in [0.717, 1.165) is 35.4 Å². The van der Waals surface area contributed by atoms with Gasteiger partial charge in [-0.15, -0.1) is 0 Å². The van der Waals surface area contributed by atoms with Gasteiger partial charge in [0.05, 0.1) is 32.3 Å². The maximum absolute atomic E-state index is 13.4. The van der Waals surface area contributed by atoms with E-state index in [1.807, 2.05) is 37.3 Å². The first kappa shape index (κ1) is 27.3. The van der Waals surface area contributed by atoms with Crippen LogP contribution in [0.25, 0.3) is 0 Å². The molecular weight excluding hydrogens is 512 g/mol. The normalized spacial score (nSPS) is 16.6. The molecule has 3 aromatic carbocycles. The molecule has 1 aliphatic rings. The lowest BCUT2D eigenvalue weighted by atomic mass is 9.86. The van der Waals surface area contributed by atoms with Gasteiger partial charge in [-0.05, 0) is 78.1 Å². The highest BCUT2D eigenvalue weighted by Gasteiger charge is 2.36. The smallest absolute Gasteiger partial charge is 0.240 e. The Bertz CT molecular complexity index is 1330. The lowest BCUT2D eigenvalue weighted by molar-refractivity contribution is 0.143. The Labute approximate surface area is 224 Å². The third-order valence-electron chi connectivity index (χ3n) is 6.80. The van der Waals surface area contributed by atoms with Crippen LogP contribution in [0.4, 0.5) is 0 Å². The average molecular weight is 545 g/mol. The summed E-state index contributed by atoms with van der Waals surface area (Å²) in [6.07, 6.45) is 1.39. The van der Waals surface area contributed by atoms with Gasteiger partial charge in [-0.2, -0.15) is 0 Å². The molecule has 0 saturated carbocycles. The third kappa shape index (κ3) is 6.04. The molecule has 9 heteroatoms. The van der Waals surface area contributed by atoms with Crippen molar-refractivity contribution in [1.29, 1.82) is 0 Å². The van der Waals surface area contributed by atoms with Crippen molar-refractivity contribution >= 4 is 21.6 Å². The number of methoxy groups -OCH3 is 3. The Morgan fingerprint density at radius 1 is 1.00 bits per heavy atom. The van der Waals surface area contributed by atoms with Gasteiger partial charge in [0.15, 0.2) is 11.5 Å². The van der Waals surface area contributed by atoms with Crippen molar-refractivity contribution in [2.75, 3.05) is 27.9 Å². The molecule has 0 spiro atoms. The van der Waals surface area contributed by atoms with Gasteiger partial charge in [-0.3, -0.25) is 4.90 Å². The highest BCUT2D eigenvalue weighted by molar-refractivity contribution is 7.89. The lowest BCUT2D eigenvalue weighted by Crippen LogP contribution is -2.48. The van der Waals surface area contributed by atoms with Gasteiger partial charge >= 0.3 is 0 Å². The summed E-state index contributed by atoms with van der Waals surface area (Å²) in [5.74, 6) is 2.06. The molecule has 1 aliphatic heterocycles. The Morgan fingerprint density at radius 3 is 2.35 bits per heavy atom. The minimum Gasteiger partial charge on any atom is -0.497 e. The number of hydrogen-bond donors (Lipinski definition) is 1. The molecule has 0 bridgehead atoms. The van der Waals surface area contributed by atoms with Crippen LogP contribution in [-0.2, 0) is 23.0 Å². The van der Waals surface area contributed by atoms with Gasteiger partial charge in [0, 0.05) is 24.2 Å². The molecule has 2 unspecified atom stereocenters. The number of hydrogen-bond acceptors (Lipinski definition) is 6. The standard InChI is InChI=1S/C28H33ClN2O5S/c1-5-25(30-37(32,33)23-11-9-21(29)10-12-23)28-24-17-27(36-4)26(35-3)16-20(24)13-14-31(28)18-19-7-6-8-22(15-19)34-2/h6-12,15-17,25,28,30H,5,13-14,18H2,1-4H3. The van der Waals surface area contributed by atoms with Gasteiger partial charge in [-0.25, -0.2) is 13.1 Å². The van der Waals surface area contributed by atoms with Gasteiger partial charge in [-0.1, -0.05) is 30.7 Å².